The number of benzene rings is 1. The Morgan fingerprint density at radius 3 is 2.62 bits per heavy atom. The summed E-state index contributed by atoms with van der Waals surface area (Å²) in [4.78, 5) is 1.39. The molecule has 0 aromatic heterocycles. The minimum Gasteiger partial charge on any atom is -0.128 e. The predicted molar refractivity (Wildman–Crippen MR) is 72.2 cm³/mol. The lowest BCUT2D eigenvalue weighted by Crippen LogP contribution is -1.84. The SMILES string of the molecule is CSC1=C2C=CC=C2C=C1c1ccccc1. The van der Waals surface area contributed by atoms with E-state index < -0.39 is 0 Å². The molecule has 2 aliphatic rings. The maximum absolute atomic E-state index is 2.29. The first kappa shape index (κ1) is 9.73. The Balaban J connectivity index is 2.12. The first-order valence-corrected chi connectivity index (χ1v) is 6.57. The molecule has 0 radical (unpaired) electrons. The summed E-state index contributed by atoms with van der Waals surface area (Å²) in [5, 5.41) is 0. The normalized spacial score (nSPS) is 17.6. The van der Waals surface area contributed by atoms with Crippen molar-refractivity contribution in [3.05, 3.63) is 76.3 Å². The van der Waals surface area contributed by atoms with Gasteiger partial charge in [0.25, 0.3) is 0 Å². The molecule has 0 N–H and O–H groups in total. The molecule has 1 aromatic rings. The highest BCUT2D eigenvalue weighted by molar-refractivity contribution is 8.03. The quantitative estimate of drug-likeness (QED) is 0.725. The maximum atomic E-state index is 2.29. The molecule has 0 heterocycles. The Labute approximate surface area is 100 Å². The van der Waals surface area contributed by atoms with Gasteiger partial charge in [0.15, 0.2) is 0 Å². The second kappa shape index (κ2) is 3.84. The second-order valence-electron chi connectivity index (χ2n) is 3.85. The summed E-state index contributed by atoms with van der Waals surface area (Å²) in [5.74, 6) is 0. The van der Waals surface area contributed by atoms with Gasteiger partial charge in [0, 0.05) is 4.91 Å². The van der Waals surface area contributed by atoms with Crippen LogP contribution in [0.15, 0.2) is 70.7 Å². The first-order chi connectivity index (χ1) is 7.90. The Morgan fingerprint density at radius 1 is 1.06 bits per heavy atom. The van der Waals surface area contributed by atoms with Crippen LogP contribution in [-0.2, 0) is 0 Å². The molecule has 0 saturated heterocycles. The van der Waals surface area contributed by atoms with E-state index in [9.17, 15) is 0 Å². The summed E-state index contributed by atoms with van der Waals surface area (Å²) in [6, 6.07) is 10.6. The average Bonchev–Trinajstić information content (AvgIpc) is 2.89. The highest BCUT2D eigenvalue weighted by Gasteiger charge is 2.21. The van der Waals surface area contributed by atoms with Gasteiger partial charge in [-0.3, -0.25) is 0 Å². The molecule has 3 rings (SSSR count). The molecular weight excluding hydrogens is 212 g/mol. The van der Waals surface area contributed by atoms with Crippen molar-refractivity contribution in [3.63, 3.8) is 0 Å². The highest BCUT2D eigenvalue weighted by atomic mass is 32.2. The van der Waals surface area contributed by atoms with E-state index >= 15 is 0 Å². The molecule has 0 spiro atoms. The summed E-state index contributed by atoms with van der Waals surface area (Å²) >= 11 is 1.83. The molecule has 0 fully saturated rings. The van der Waals surface area contributed by atoms with Crippen molar-refractivity contribution in [2.45, 2.75) is 0 Å². The fraction of sp³-hybridized carbons (Fsp3) is 0.0667. The van der Waals surface area contributed by atoms with Gasteiger partial charge in [-0.2, -0.15) is 0 Å². The van der Waals surface area contributed by atoms with Crippen LogP contribution in [0.5, 0.6) is 0 Å². The number of fused-ring (bicyclic) bond motifs is 1. The Bertz CT molecular complexity index is 542. The van der Waals surface area contributed by atoms with Gasteiger partial charge >= 0.3 is 0 Å². The van der Waals surface area contributed by atoms with Crippen LogP contribution in [0.3, 0.4) is 0 Å². The zero-order chi connectivity index (χ0) is 11.0. The minimum absolute atomic E-state index is 1.31. The lowest BCUT2D eigenvalue weighted by atomic mass is 10.1. The van der Waals surface area contributed by atoms with E-state index in [0.717, 1.165) is 0 Å². The monoisotopic (exact) mass is 224 g/mol. The van der Waals surface area contributed by atoms with Crippen LogP contribution in [0.25, 0.3) is 5.57 Å². The van der Waals surface area contributed by atoms with E-state index in [-0.39, 0.29) is 0 Å². The van der Waals surface area contributed by atoms with Crippen molar-refractivity contribution in [1.29, 1.82) is 0 Å². The molecule has 16 heavy (non-hydrogen) atoms. The van der Waals surface area contributed by atoms with Gasteiger partial charge in [-0.25, -0.2) is 0 Å². The minimum atomic E-state index is 1.31. The lowest BCUT2D eigenvalue weighted by Gasteiger charge is -2.06. The molecule has 1 heteroatoms. The molecule has 2 aliphatic carbocycles. The standard InChI is InChI=1S/C15H12S/c1-16-15-13-9-5-8-12(13)10-14(15)11-6-3-2-4-7-11/h2-10H,1H3. The van der Waals surface area contributed by atoms with E-state index in [1.807, 2.05) is 11.8 Å². The van der Waals surface area contributed by atoms with Crippen LogP contribution in [0.4, 0.5) is 0 Å². The Kier molecular flexibility index (Phi) is 2.33. The molecule has 0 nitrogen and oxygen atoms in total. The predicted octanol–water partition coefficient (Wildman–Crippen LogP) is 4.20. The summed E-state index contributed by atoms with van der Waals surface area (Å²) in [5.41, 5.74) is 5.40. The van der Waals surface area contributed by atoms with Crippen LogP contribution in [0.2, 0.25) is 0 Å². The molecule has 0 amide bonds. The van der Waals surface area contributed by atoms with Gasteiger partial charge in [-0.05, 0) is 34.6 Å². The smallest absolute Gasteiger partial charge is 0.0226 e. The molecule has 0 unspecified atom stereocenters. The van der Waals surface area contributed by atoms with Crippen LogP contribution >= 0.6 is 11.8 Å². The van der Waals surface area contributed by atoms with Crippen molar-refractivity contribution >= 4 is 17.3 Å². The molecule has 78 valence electrons. The molecular formula is C15H12S. The molecule has 1 aromatic carbocycles. The zero-order valence-electron chi connectivity index (χ0n) is 9.10. The first-order valence-electron chi connectivity index (χ1n) is 5.34. The Morgan fingerprint density at radius 2 is 1.88 bits per heavy atom. The van der Waals surface area contributed by atoms with E-state index in [1.54, 1.807) is 0 Å². The molecule has 0 saturated carbocycles. The fourth-order valence-electron chi connectivity index (χ4n) is 2.18. The number of hydrogen-bond donors (Lipinski definition) is 0. The van der Waals surface area contributed by atoms with Gasteiger partial charge < -0.3 is 0 Å². The van der Waals surface area contributed by atoms with Gasteiger partial charge in [-0.15, -0.1) is 11.8 Å². The van der Waals surface area contributed by atoms with Gasteiger partial charge in [-0.1, -0.05) is 48.6 Å². The summed E-state index contributed by atoms with van der Waals surface area (Å²) in [6.45, 7) is 0. The number of rotatable bonds is 2. The number of allylic oxidation sites excluding steroid dienone is 7. The zero-order valence-corrected chi connectivity index (χ0v) is 9.92. The van der Waals surface area contributed by atoms with Crippen molar-refractivity contribution in [3.8, 4) is 0 Å². The largest absolute Gasteiger partial charge is 0.128 e. The van der Waals surface area contributed by atoms with Gasteiger partial charge in [0.2, 0.25) is 0 Å². The van der Waals surface area contributed by atoms with Crippen molar-refractivity contribution in [2.75, 3.05) is 6.26 Å². The molecule has 0 atom stereocenters. The van der Waals surface area contributed by atoms with Crippen LogP contribution in [0.1, 0.15) is 5.56 Å². The third-order valence-electron chi connectivity index (χ3n) is 2.93. The van der Waals surface area contributed by atoms with E-state index in [0.29, 0.717) is 0 Å². The van der Waals surface area contributed by atoms with Crippen molar-refractivity contribution in [2.24, 2.45) is 0 Å². The lowest BCUT2D eigenvalue weighted by molar-refractivity contribution is 1.62. The van der Waals surface area contributed by atoms with Crippen LogP contribution < -0.4 is 0 Å². The van der Waals surface area contributed by atoms with Crippen molar-refractivity contribution < 1.29 is 0 Å². The van der Waals surface area contributed by atoms with Gasteiger partial charge in [0.05, 0.1) is 0 Å². The third kappa shape index (κ3) is 1.40. The van der Waals surface area contributed by atoms with Crippen LogP contribution in [0, 0.1) is 0 Å². The number of hydrogen-bond acceptors (Lipinski definition) is 1. The topological polar surface area (TPSA) is 0 Å². The van der Waals surface area contributed by atoms with E-state index in [4.69, 9.17) is 0 Å². The number of thioether (sulfide) groups is 1. The van der Waals surface area contributed by atoms with E-state index in [1.165, 1.54) is 27.2 Å². The van der Waals surface area contributed by atoms with E-state index in [2.05, 4.69) is 60.9 Å². The van der Waals surface area contributed by atoms with Crippen molar-refractivity contribution in [1.82, 2.24) is 0 Å². The summed E-state index contributed by atoms with van der Waals surface area (Å²) in [6.07, 6.45) is 10.9. The summed E-state index contributed by atoms with van der Waals surface area (Å²) in [7, 11) is 0. The second-order valence-corrected chi connectivity index (χ2v) is 4.67. The fourth-order valence-corrected chi connectivity index (χ4v) is 2.99. The average molecular weight is 224 g/mol. The third-order valence-corrected chi connectivity index (χ3v) is 3.78. The molecule has 0 aliphatic heterocycles. The summed E-state index contributed by atoms with van der Waals surface area (Å²) < 4.78 is 0. The highest BCUT2D eigenvalue weighted by Crippen LogP contribution is 2.44. The van der Waals surface area contributed by atoms with Gasteiger partial charge in [0.1, 0.15) is 0 Å². The van der Waals surface area contributed by atoms with Crippen LogP contribution in [-0.4, -0.2) is 6.26 Å². The Hall–Kier alpha value is -1.47. The maximum Gasteiger partial charge on any atom is 0.0226 e. The molecule has 0 bridgehead atoms.